The summed E-state index contributed by atoms with van der Waals surface area (Å²) in [7, 11) is 11.5. The second kappa shape index (κ2) is 22.2. The number of ether oxygens (including phenoxy) is 4. The maximum Gasteiger partial charge on any atom is 0.248 e. The molecule has 0 atom stereocenters. The third-order valence-electron chi connectivity index (χ3n) is 9.57. The van der Waals surface area contributed by atoms with Crippen LogP contribution in [0.1, 0.15) is 62.5 Å². The minimum Gasteiger partial charge on any atom is -0.497 e. The summed E-state index contributed by atoms with van der Waals surface area (Å²) in [6.45, 7) is 7.28. The molecule has 2 saturated carbocycles. The summed E-state index contributed by atoms with van der Waals surface area (Å²) in [5.41, 5.74) is 1.26. The summed E-state index contributed by atoms with van der Waals surface area (Å²) in [4.78, 5) is 18.9. The molecule has 49 heavy (non-hydrogen) atoms. The average Bonchev–Trinajstić information content (AvgIpc) is 3.06. The van der Waals surface area contributed by atoms with Gasteiger partial charge in [0, 0.05) is 45.8 Å². The zero-order valence-electron chi connectivity index (χ0n) is 32.1. The van der Waals surface area contributed by atoms with Gasteiger partial charge in [-0.1, -0.05) is 0 Å². The Hall–Kier alpha value is -1.84. The molecule has 1 aromatic carbocycles. The molecule has 0 aromatic heterocycles. The summed E-state index contributed by atoms with van der Waals surface area (Å²) < 4.78 is 50.0. The fraction of sp³-hybridized carbons (Fsp3) is 0.806. The Kier molecular flexibility index (Phi) is 19.6. The van der Waals surface area contributed by atoms with Crippen LogP contribution >= 0.6 is 0 Å². The number of carbonyl (C=O) groups excluding carboxylic acids is 1. The Bertz CT molecular complexity index is 1180. The molecule has 3 rings (SSSR count). The number of carbonyl (C=O) groups is 1. The number of aryl methyl sites for hydroxylation is 2. The first-order chi connectivity index (χ1) is 23.2. The third-order valence-corrected chi connectivity index (χ3v) is 11.7. The van der Waals surface area contributed by atoms with Crippen LogP contribution in [0.15, 0.2) is 17.0 Å². The van der Waals surface area contributed by atoms with Gasteiger partial charge in [-0.05, 0) is 124 Å². The van der Waals surface area contributed by atoms with Crippen molar-refractivity contribution in [3.05, 3.63) is 23.3 Å². The van der Waals surface area contributed by atoms with E-state index in [1.807, 2.05) is 21.1 Å². The number of nitrogens with zero attached hydrogens (tertiary/aromatic N) is 4. The molecule has 0 unspecified atom stereocenters. The lowest BCUT2D eigenvalue weighted by atomic mass is 9.92. The number of hydrogen-bond acceptors (Lipinski definition) is 10. The quantitative estimate of drug-likeness (QED) is 0.227. The summed E-state index contributed by atoms with van der Waals surface area (Å²) >= 11 is 0. The molecule has 0 spiro atoms. The minimum atomic E-state index is -3.69. The molecule has 0 saturated heterocycles. The van der Waals surface area contributed by atoms with Crippen LogP contribution in [0.25, 0.3) is 0 Å². The SMILES string of the molecule is CNC1CCC(OCCN(C)C)CC1.COc1cc(C)c(S(=O)(=O)N(C)CCOCC(=O)N(C)C2CCC(OCCN(C)C)CC2)c(C)c1. The molecule has 2 fully saturated rings. The van der Waals surface area contributed by atoms with Crippen LogP contribution in [0.4, 0.5) is 0 Å². The first-order valence-corrected chi connectivity index (χ1v) is 19.3. The number of amides is 1. The van der Waals surface area contributed by atoms with Crippen LogP contribution in [0.3, 0.4) is 0 Å². The summed E-state index contributed by atoms with van der Waals surface area (Å²) in [5.74, 6) is 0.534. The van der Waals surface area contributed by atoms with E-state index in [1.54, 1.807) is 38.0 Å². The van der Waals surface area contributed by atoms with Gasteiger partial charge in [0.15, 0.2) is 0 Å². The summed E-state index contributed by atoms with van der Waals surface area (Å²) in [6, 6.07) is 4.33. The molecule has 0 aliphatic heterocycles. The second-order valence-electron chi connectivity index (χ2n) is 14.0. The molecular weight excluding hydrogens is 646 g/mol. The maximum atomic E-state index is 13.1. The van der Waals surface area contributed by atoms with Gasteiger partial charge in [-0.25, -0.2) is 8.42 Å². The van der Waals surface area contributed by atoms with Crippen molar-refractivity contribution in [3.63, 3.8) is 0 Å². The van der Waals surface area contributed by atoms with E-state index >= 15 is 0 Å². The molecule has 284 valence electrons. The van der Waals surface area contributed by atoms with Crippen molar-refractivity contribution in [2.24, 2.45) is 0 Å². The average molecular weight is 714 g/mol. The molecule has 13 heteroatoms. The van der Waals surface area contributed by atoms with E-state index < -0.39 is 10.0 Å². The highest BCUT2D eigenvalue weighted by atomic mass is 32.2. The van der Waals surface area contributed by atoms with Crippen molar-refractivity contribution in [2.75, 3.05) is 103 Å². The Morgan fingerprint density at radius 1 is 0.776 bits per heavy atom. The highest BCUT2D eigenvalue weighted by molar-refractivity contribution is 7.89. The van der Waals surface area contributed by atoms with Crippen molar-refractivity contribution < 1.29 is 32.2 Å². The molecule has 1 N–H and O–H groups in total. The van der Waals surface area contributed by atoms with Gasteiger partial charge in [0.2, 0.25) is 15.9 Å². The molecule has 0 radical (unpaired) electrons. The van der Waals surface area contributed by atoms with Gasteiger partial charge in [0.25, 0.3) is 0 Å². The smallest absolute Gasteiger partial charge is 0.248 e. The van der Waals surface area contributed by atoms with Crippen molar-refractivity contribution in [1.29, 1.82) is 0 Å². The Morgan fingerprint density at radius 2 is 1.27 bits per heavy atom. The van der Waals surface area contributed by atoms with E-state index in [0.717, 1.165) is 58.0 Å². The normalized spacial score (nSPS) is 21.5. The first kappa shape index (κ1) is 43.3. The first-order valence-electron chi connectivity index (χ1n) is 17.8. The Balaban J connectivity index is 0.000000495. The monoisotopic (exact) mass is 713 g/mol. The van der Waals surface area contributed by atoms with Crippen LogP contribution < -0.4 is 10.1 Å². The van der Waals surface area contributed by atoms with Gasteiger partial charge in [-0.2, -0.15) is 4.31 Å². The summed E-state index contributed by atoms with van der Waals surface area (Å²) in [5, 5.41) is 3.33. The summed E-state index contributed by atoms with van der Waals surface area (Å²) in [6.07, 6.45) is 9.48. The zero-order chi connectivity index (χ0) is 36.6. The van der Waals surface area contributed by atoms with Gasteiger partial charge in [-0.15, -0.1) is 0 Å². The number of benzene rings is 1. The predicted octanol–water partition coefficient (Wildman–Crippen LogP) is 3.39. The van der Waals surface area contributed by atoms with Gasteiger partial charge in [0.05, 0.1) is 44.0 Å². The van der Waals surface area contributed by atoms with E-state index in [9.17, 15) is 13.2 Å². The fourth-order valence-corrected chi connectivity index (χ4v) is 7.85. The molecule has 1 amide bonds. The number of likely N-dealkylation sites (N-methyl/N-ethyl adjacent to an activating group) is 4. The molecule has 0 bridgehead atoms. The van der Waals surface area contributed by atoms with Crippen LogP contribution in [0.2, 0.25) is 0 Å². The van der Waals surface area contributed by atoms with Crippen LogP contribution in [-0.4, -0.2) is 160 Å². The fourth-order valence-electron chi connectivity index (χ4n) is 6.29. The lowest BCUT2D eigenvalue weighted by Gasteiger charge is -2.34. The number of hydrogen-bond donors (Lipinski definition) is 1. The largest absolute Gasteiger partial charge is 0.497 e. The minimum absolute atomic E-state index is 0.0652. The van der Waals surface area contributed by atoms with Gasteiger partial charge in [-0.3, -0.25) is 4.79 Å². The van der Waals surface area contributed by atoms with E-state index in [4.69, 9.17) is 18.9 Å². The molecule has 2 aliphatic carbocycles. The molecular formula is C36H67N5O7S. The number of nitrogens with one attached hydrogen (secondary N) is 1. The van der Waals surface area contributed by atoms with Crippen LogP contribution in [0, 0.1) is 13.8 Å². The molecule has 2 aliphatic rings. The molecule has 0 heterocycles. The van der Waals surface area contributed by atoms with E-state index in [1.165, 1.54) is 37.0 Å². The van der Waals surface area contributed by atoms with E-state index in [-0.39, 0.29) is 42.7 Å². The van der Waals surface area contributed by atoms with Gasteiger partial charge in [0.1, 0.15) is 12.4 Å². The van der Waals surface area contributed by atoms with Crippen molar-refractivity contribution in [2.45, 2.75) is 94.4 Å². The van der Waals surface area contributed by atoms with Gasteiger partial charge < -0.3 is 39.0 Å². The van der Waals surface area contributed by atoms with Crippen LogP contribution in [0.5, 0.6) is 5.75 Å². The zero-order valence-corrected chi connectivity index (χ0v) is 32.9. The highest BCUT2D eigenvalue weighted by Gasteiger charge is 2.28. The van der Waals surface area contributed by atoms with Crippen molar-refractivity contribution in [3.8, 4) is 5.75 Å². The Morgan fingerprint density at radius 3 is 1.71 bits per heavy atom. The molecule has 12 nitrogen and oxygen atoms in total. The van der Waals surface area contributed by atoms with E-state index in [0.29, 0.717) is 23.0 Å². The third kappa shape index (κ3) is 15.1. The lowest BCUT2D eigenvalue weighted by Crippen LogP contribution is -2.42. The van der Waals surface area contributed by atoms with Gasteiger partial charge >= 0.3 is 0 Å². The number of methoxy groups -OCH3 is 1. The van der Waals surface area contributed by atoms with Crippen LogP contribution in [-0.2, 0) is 29.0 Å². The van der Waals surface area contributed by atoms with Crippen molar-refractivity contribution >= 4 is 15.9 Å². The second-order valence-corrected chi connectivity index (χ2v) is 16.0. The predicted molar refractivity (Wildman–Crippen MR) is 196 cm³/mol. The number of rotatable bonds is 18. The lowest BCUT2D eigenvalue weighted by molar-refractivity contribution is -0.138. The van der Waals surface area contributed by atoms with E-state index in [2.05, 4.69) is 36.3 Å². The van der Waals surface area contributed by atoms with Crippen molar-refractivity contribution in [1.82, 2.24) is 24.3 Å². The standard InChI is InChI=1S/C25H43N3O6S.C11H24N2O/c1-19-16-23(32-7)17-20(2)25(19)35(30,31)27(5)13-14-33-18-24(29)28(6)21-8-10-22(11-9-21)34-15-12-26(3)4;1-12-10-4-6-11(7-5-10)14-9-8-13(2)3/h16-17,21-22H,8-15,18H2,1-7H3;10-12H,4-9H2,1-3H3. The molecule has 1 aromatic rings. The topological polar surface area (TPSA) is 113 Å². The Labute approximate surface area is 297 Å². The highest BCUT2D eigenvalue weighted by Crippen LogP contribution is 2.28. The maximum absolute atomic E-state index is 13.1. The number of sulfonamides is 1.